The lowest BCUT2D eigenvalue weighted by Gasteiger charge is -2.44. The summed E-state index contributed by atoms with van der Waals surface area (Å²) in [6, 6.07) is 0.517. The third kappa shape index (κ3) is 5.41. The molecule has 0 heterocycles. The molecule has 1 rings (SSSR count). The third-order valence-electron chi connectivity index (χ3n) is 4.59. The zero-order valence-corrected chi connectivity index (χ0v) is 13.4. The van der Waals surface area contributed by atoms with E-state index in [-0.39, 0.29) is 6.61 Å². The molecule has 1 aliphatic carbocycles. The van der Waals surface area contributed by atoms with Gasteiger partial charge < -0.3 is 10.4 Å². The first-order chi connectivity index (χ1) is 9.03. The van der Waals surface area contributed by atoms with Crippen molar-refractivity contribution in [3.63, 3.8) is 0 Å². The summed E-state index contributed by atoms with van der Waals surface area (Å²) in [5, 5.41) is 12.8. The quantitative estimate of drug-likeness (QED) is 0.711. The zero-order chi connectivity index (χ0) is 14.3. The molecule has 3 heteroatoms. The number of rotatable bonds is 8. The fourth-order valence-electron chi connectivity index (χ4n) is 3.60. The van der Waals surface area contributed by atoms with Crippen LogP contribution in [0.1, 0.15) is 53.4 Å². The monoisotopic (exact) mass is 270 g/mol. The topological polar surface area (TPSA) is 35.5 Å². The molecule has 0 spiro atoms. The molecule has 0 aromatic heterocycles. The van der Waals surface area contributed by atoms with Gasteiger partial charge in [0.1, 0.15) is 0 Å². The molecule has 19 heavy (non-hydrogen) atoms. The number of hydrogen-bond donors (Lipinski definition) is 2. The van der Waals surface area contributed by atoms with Gasteiger partial charge in [-0.3, -0.25) is 4.90 Å². The maximum atomic E-state index is 9.27. The van der Waals surface area contributed by atoms with Crippen LogP contribution in [0.5, 0.6) is 0 Å². The molecule has 1 aliphatic rings. The van der Waals surface area contributed by atoms with Crippen molar-refractivity contribution in [1.29, 1.82) is 0 Å². The van der Waals surface area contributed by atoms with Crippen LogP contribution in [0.4, 0.5) is 0 Å². The van der Waals surface area contributed by atoms with Gasteiger partial charge in [0.15, 0.2) is 0 Å². The summed E-state index contributed by atoms with van der Waals surface area (Å²) in [7, 11) is 0. The second-order valence-electron chi connectivity index (χ2n) is 6.77. The van der Waals surface area contributed by atoms with E-state index in [2.05, 4.69) is 37.9 Å². The fourth-order valence-corrected chi connectivity index (χ4v) is 3.60. The van der Waals surface area contributed by atoms with E-state index in [1.54, 1.807) is 0 Å². The van der Waals surface area contributed by atoms with Gasteiger partial charge in [0.25, 0.3) is 0 Å². The summed E-state index contributed by atoms with van der Waals surface area (Å²) in [6.45, 7) is 13.4. The summed E-state index contributed by atoms with van der Waals surface area (Å²) in [4.78, 5) is 2.45. The van der Waals surface area contributed by atoms with Crippen molar-refractivity contribution >= 4 is 0 Å². The van der Waals surface area contributed by atoms with Crippen LogP contribution in [0.15, 0.2) is 0 Å². The van der Waals surface area contributed by atoms with Gasteiger partial charge in [0.05, 0.1) is 6.61 Å². The van der Waals surface area contributed by atoms with Gasteiger partial charge in [-0.25, -0.2) is 0 Å². The molecule has 0 amide bonds. The van der Waals surface area contributed by atoms with Crippen LogP contribution in [-0.4, -0.2) is 48.8 Å². The highest BCUT2D eigenvalue weighted by molar-refractivity contribution is 4.90. The highest BCUT2D eigenvalue weighted by Crippen LogP contribution is 2.39. The molecular formula is C16H34N2O. The van der Waals surface area contributed by atoms with E-state index in [1.165, 1.54) is 25.7 Å². The molecule has 0 aromatic rings. The standard InChI is InChI=1S/C16H34N2O/c1-5-17-12-16(8-6-7-15(4)11-16)13-18(9-10-19)14(2)3/h14-15,17,19H,5-13H2,1-4H3. The molecule has 2 N–H and O–H groups in total. The molecule has 1 saturated carbocycles. The maximum Gasteiger partial charge on any atom is 0.0558 e. The highest BCUT2D eigenvalue weighted by Gasteiger charge is 2.36. The summed E-state index contributed by atoms with van der Waals surface area (Å²) in [5.41, 5.74) is 0.410. The Morgan fingerprint density at radius 3 is 2.68 bits per heavy atom. The minimum atomic E-state index is 0.269. The van der Waals surface area contributed by atoms with Gasteiger partial charge in [-0.1, -0.05) is 26.7 Å². The molecule has 114 valence electrons. The Bertz CT molecular complexity index is 245. The second-order valence-corrected chi connectivity index (χ2v) is 6.77. The Morgan fingerprint density at radius 1 is 1.42 bits per heavy atom. The molecule has 0 saturated heterocycles. The summed E-state index contributed by atoms with van der Waals surface area (Å²) in [6.07, 6.45) is 5.40. The van der Waals surface area contributed by atoms with Crippen molar-refractivity contribution in [3.05, 3.63) is 0 Å². The minimum Gasteiger partial charge on any atom is -0.395 e. The molecule has 3 nitrogen and oxygen atoms in total. The Kier molecular flexibility index (Phi) is 7.33. The number of nitrogens with zero attached hydrogens (tertiary/aromatic N) is 1. The smallest absolute Gasteiger partial charge is 0.0558 e. The summed E-state index contributed by atoms with van der Waals surface area (Å²) < 4.78 is 0. The van der Waals surface area contributed by atoms with Crippen LogP contribution in [0, 0.1) is 11.3 Å². The first-order valence-corrected chi connectivity index (χ1v) is 8.08. The minimum absolute atomic E-state index is 0.269. The first-order valence-electron chi connectivity index (χ1n) is 8.08. The van der Waals surface area contributed by atoms with Crippen molar-refractivity contribution in [2.75, 3.05) is 32.8 Å². The van der Waals surface area contributed by atoms with Crippen LogP contribution < -0.4 is 5.32 Å². The molecule has 2 atom stereocenters. The van der Waals surface area contributed by atoms with Crippen molar-refractivity contribution in [1.82, 2.24) is 10.2 Å². The van der Waals surface area contributed by atoms with Gasteiger partial charge in [-0.05, 0) is 44.6 Å². The van der Waals surface area contributed by atoms with E-state index in [0.717, 1.165) is 32.1 Å². The van der Waals surface area contributed by atoms with Gasteiger partial charge in [0, 0.05) is 25.7 Å². The van der Waals surface area contributed by atoms with Crippen molar-refractivity contribution in [3.8, 4) is 0 Å². The van der Waals surface area contributed by atoms with Crippen LogP contribution in [0.3, 0.4) is 0 Å². The van der Waals surface area contributed by atoms with Crippen molar-refractivity contribution < 1.29 is 5.11 Å². The first kappa shape index (κ1) is 16.9. The van der Waals surface area contributed by atoms with E-state index in [4.69, 9.17) is 0 Å². The van der Waals surface area contributed by atoms with E-state index in [1.807, 2.05) is 0 Å². The van der Waals surface area contributed by atoms with E-state index < -0.39 is 0 Å². The lowest BCUT2D eigenvalue weighted by atomic mass is 9.69. The molecule has 0 bridgehead atoms. The van der Waals surface area contributed by atoms with E-state index >= 15 is 0 Å². The van der Waals surface area contributed by atoms with Crippen LogP contribution in [-0.2, 0) is 0 Å². The zero-order valence-electron chi connectivity index (χ0n) is 13.4. The summed E-state index contributed by atoms with van der Waals surface area (Å²) in [5.74, 6) is 0.843. The van der Waals surface area contributed by atoms with Gasteiger partial charge in [0.2, 0.25) is 0 Å². The van der Waals surface area contributed by atoms with Crippen molar-refractivity contribution in [2.24, 2.45) is 11.3 Å². The van der Waals surface area contributed by atoms with Gasteiger partial charge in [-0.15, -0.1) is 0 Å². The normalized spacial score (nSPS) is 28.3. The third-order valence-corrected chi connectivity index (χ3v) is 4.59. The van der Waals surface area contributed by atoms with Crippen LogP contribution in [0.25, 0.3) is 0 Å². The Balaban J connectivity index is 2.71. The number of nitrogens with one attached hydrogen (secondary N) is 1. The molecule has 1 fully saturated rings. The predicted molar refractivity (Wildman–Crippen MR) is 82.4 cm³/mol. The average molecular weight is 270 g/mol. The van der Waals surface area contributed by atoms with Crippen LogP contribution in [0.2, 0.25) is 0 Å². The largest absolute Gasteiger partial charge is 0.395 e. The van der Waals surface area contributed by atoms with E-state index in [0.29, 0.717) is 11.5 Å². The van der Waals surface area contributed by atoms with E-state index in [9.17, 15) is 5.11 Å². The Labute approximate surface area is 119 Å². The lowest BCUT2D eigenvalue weighted by Crippen LogP contribution is -2.49. The van der Waals surface area contributed by atoms with Crippen molar-refractivity contribution in [2.45, 2.75) is 59.4 Å². The van der Waals surface area contributed by atoms with Gasteiger partial charge >= 0.3 is 0 Å². The number of aliphatic hydroxyl groups excluding tert-OH is 1. The number of aliphatic hydroxyl groups is 1. The molecule has 0 aromatic carbocycles. The number of hydrogen-bond acceptors (Lipinski definition) is 3. The summed E-state index contributed by atoms with van der Waals surface area (Å²) >= 11 is 0. The molecular weight excluding hydrogens is 236 g/mol. The molecule has 0 radical (unpaired) electrons. The Hall–Kier alpha value is -0.120. The Morgan fingerprint density at radius 2 is 2.16 bits per heavy atom. The highest BCUT2D eigenvalue weighted by atomic mass is 16.3. The average Bonchev–Trinajstić information content (AvgIpc) is 2.36. The molecule has 2 unspecified atom stereocenters. The maximum absolute atomic E-state index is 9.27. The fraction of sp³-hybridized carbons (Fsp3) is 1.00. The van der Waals surface area contributed by atoms with Gasteiger partial charge in [-0.2, -0.15) is 0 Å². The SMILES string of the molecule is CCNCC1(CN(CCO)C(C)C)CCCC(C)C1. The van der Waals surface area contributed by atoms with Crippen LogP contribution >= 0.6 is 0 Å². The predicted octanol–water partition coefficient (Wildman–Crippen LogP) is 2.50. The molecule has 0 aliphatic heterocycles. The lowest BCUT2D eigenvalue weighted by molar-refractivity contribution is 0.0551. The second kappa shape index (κ2) is 8.23.